The number of nitro groups is 1. The SMILES string of the molecule is COC(C)(C)CNc1c(C)cc([N+](=O)[O-])cc1Cl. The van der Waals surface area contributed by atoms with E-state index in [1.807, 2.05) is 13.8 Å². The molecule has 0 aliphatic carbocycles. The molecule has 0 amide bonds. The largest absolute Gasteiger partial charge is 0.381 e. The van der Waals surface area contributed by atoms with E-state index in [1.54, 1.807) is 14.0 Å². The Morgan fingerprint density at radius 3 is 2.56 bits per heavy atom. The molecular weight excluding hydrogens is 256 g/mol. The van der Waals surface area contributed by atoms with Gasteiger partial charge in [-0.1, -0.05) is 11.6 Å². The van der Waals surface area contributed by atoms with Crippen molar-refractivity contribution in [2.45, 2.75) is 26.4 Å². The monoisotopic (exact) mass is 272 g/mol. The normalized spacial score (nSPS) is 11.4. The molecule has 0 heterocycles. The average molecular weight is 273 g/mol. The maximum absolute atomic E-state index is 10.7. The summed E-state index contributed by atoms with van der Waals surface area (Å²) in [4.78, 5) is 10.2. The fraction of sp³-hybridized carbons (Fsp3) is 0.500. The highest BCUT2D eigenvalue weighted by molar-refractivity contribution is 6.33. The number of rotatable bonds is 5. The molecule has 0 atom stereocenters. The van der Waals surface area contributed by atoms with Gasteiger partial charge in [-0.2, -0.15) is 0 Å². The summed E-state index contributed by atoms with van der Waals surface area (Å²) in [6, 6.07) is 2.84. The Hall–Kier alpha value is -1.33. The Kier molecular flexibility index (Phi) is 4.53. The minimum atomic E-state index is -0.457. The summed E-state index contributed by atoms with van der Waals surface area (Å²) in [5.41, 5.74) is 1.10. The molecule has 0 radical (unpaired) electrons. The van der Waals surface area contributed by atoms with Crippen LogP contribution in [0.5, 0.6) is 0 Å². The van der Waals surface area contributed by atoms with Gasteiger partial charge in [0.25, 0.3) is 5.69 Å². The number of hydrogen-bond donors (Lipinski definition) is 1. The number of hydrogen-bond acceptors (Lipinski definition) is 4. The number of halogens is 1. The fourth-order valence-corrected chi connectivity index (χ4v) is 1.76. The van der Waals surface area contributed by atoms with Crippen molar-refractivity contribution in [3.63, 3.8) is 0 Å². The topological polar surface area (TPSA) is 64.4 Å². The lowest BCUT2D eigenvalue weighted by atomic mass is 10.1. The summed E-state index contributed by atoms with van der Waals surface area (Å²) in [6.07, 6.45) is 0. The third-order valence-corrected chi connectivity index (χ3v) is 3.02. The van der Waals surface area contributed by atoms with Gasteiger partial charge in [0.15, 0.2) is 0 Å². The highest BCUT2D eigenvalue weighted by Crippen LogP contribution is 2.31. The standard InChI is InChI=1S/C12H17ClN2O3/c1-8-5-9(15(16)17)6-10(13)11(8)14-7-12(2,3)18-4/h5-6,14H,7H2,1-4H3. The van der Waals surface area contributed by atoms with Crippen molar-refractivity contribution in [1.29, 1.82) is 0 Å². The molecule has 1 aromatic carbocycles. The first kappa shape index (κ1) is 14.7. The summed E-state index contributed by atoms with van der Waals surface area (Å²) in [7, 11) is 1.63. The van der Waals surface area contributed by atoms with E-state index in [4.69, 9.17) is 16.3 Å². The fourth-order valence-electron chi connectivity index (χ4n) is 1.43. The number of nitrogens with zero attached hydrogens (tertiary/aromatic N) is 1. The minimum absolute atomic E-state index is 0.00551. The molecule has 1 rings (SSSR count). The molecule has 0 aliphatic heterocycles. The summed E-state index contributed by atoms with van der Waals surface area (Å²) in [5, 5.41) is 14.2. The van der Waals surface area contributed by atoms with Crippen molar-refractivity contribution in [3.8, 4) is 0 Å². The molecule has 18 heavy (non-hydrogen) atoms. The summed E-state index contributed by atoms with van der Waals surface area (Å²) >= 11 is 6.04. The van der Waals surface area contributed by atoms with Crippen LogP contribution in [0, 0.1) is 17.0 Å². The lowest BCUT2D eigenvalue weighted by Gasteiger charge is -2.24. The summed E-state index contributed by atoms with van der Waals surface area (Å²) < 4.78 is 5.29. The van der Waals surface area contributed by atoms with Gasteiger partial charge in [-0.25, -0.2) is 0 Å². The molecule has 0 spiro atoms. The van der Waals surface area contributed by atoms with Crippen LogP contribution in [-0.2, 0) is 4.74 Å². The molecule has 0 saturated heterocycles. The van der Waals surface area contributed by atoms with E-state index in [0.29, 0.717) is 17.3 Å². The average Bonchev–Trinajstić information content (AvgIpc) is 2.27. The lowest BCUT2D eigenvalue weighted by Crippen LogP contribution is -2.32. The van der Waals surface area contributed by atoms with Crippen molar-refractivity contribution in [2.24, 2.45) is 0 Å². The van der Waals surface area contributed by atoms with E-state index in [-0.39, 0.29) is 11.3 Å². The molecule has 0 aromatic heterocycles. The number of benzene rings is 1. The third kappa shape index (κ3) is 3.58. The summed E-state index contributed by atoms with van der Waals surface area (Å²) in [5.74, 6) is 0. The van der Waals surface area contributed by atoms with E-state index in [0.717, 1.165) is 5.56 Å². The van der Waals surface area contributed by atoms with Gasteiger partial charge in [0.1, 0.15) is 0 Å². The van der Waals surface area contributed by atoms with Crippen LogP contribution in [0.2, 0.25) is 5.02 Å². The van der Waals surface area contributed by atoms with Crippen LogP contribution in [0.15, 0.2) is 12.1 Å². The van der Waals surface area contributed by atoms with Crippen molar-refractivity contribution in [3.05, 3.63) is 32.8 Å². The van der Waals surface area contributed by atoms with E-state index in [1.165, 1.54) is 12.1 Å². The first-order valence-electron chi connectivity index (χ1n) is 5.50. The van der Waals surface area contributed by atoms with Gasteiger partial charge < -0.3 is 10.1 Å². The van der Waals surface area contributed by atoms with E-state index in [2.05, 4.69) is 5.32 Å². The van der Waals surface area contributed by atoms with Crippen molar-refractivity contribution in [1.82, 2.24) is 0 Å². The van der Waals surface area contributed by atoms with Gasteiger partial charge in [0.05, 0.1) is 21.2 Å². The molecule has 0 saturated carbocycles. The van der Waals surface area contributed by atoms with Gasteiger partial charge in [-0.15, -0.1) is 0 Å². The first-order chi connectivity index (χ1) is 8.26. The lowest BCUT2D eigenvalue weighted by molar-refractivity contribution is -0.384. The molecule has 0 unspecified atom stereocenters. The zero-order chi connectivity index (χ0) is 13.9. The predicted octanol–water partition coefficient (Wildman–Crippen LogP) is 3.39. The van der Waals surface area contributed by atoms with Gasteiger partial charge in [0, 0.05) is 25.8 Å². The molecule has 6 heteroatoms. The van der Waals surface area contributed by atoms with Crippen LogP contribution < -0.4 is 5.32 Å². The molecule has 1 N–H and O–H groups in total. The van der Waals surface area contributed by atoms with Gasteiger partial charge in [0.2, 0.25) is 0 Å². The molecule has 5 nitrogen and oxygen atoms in total. The number of aryl methyl sites for hydroxylation is 1. The van der Waals surface area contributed by atoms with Gasteiger partial charge in [-0.05, 0) is 26.3 Å². The van der Waals surface area contributed by atoms with Crippen LogP contribution in [0.25, 0.3) is 0 Å². The molecule has 0 aliphatic rings. The van der Waals surface area contributed by atoms with Gasteiger partial charge >= 0.3 is 0 Å². The maximum atomic E-state index is 10.7. The Labute approximate surface area is 111 Å². The minimum Gasteiger partial charge on any atom is -0.381 e. The molecule has 0 fully saturated rings. The van der Waals surface area contributed by atoms with Crippen LogP contribution >= 0.6 is 11.6 Å². The van der Waals surface area contributed by atoms with Gasteiger partial charge in [-0.3, -0.25) is 10.1 Å². The van der Waals surface area contributed by atoms with E-state index in [9.17, 15) is 10.1 Å². The predicted molar refractivity (Wildman–Crippen MR) is 72.4 cm³/mol. The number of nitro benzene ring substituents is 1. The van der Waals surface area contributed by atoms with E-state index < -0.39 is 4.92 Å². The molecular formula is C12H17ClN2O3. The van der Waals surface area contributed by atoms with Crippen molar-refractivity contribution < 1.29 is 9.66 Å². The Morgan fingerprint density at radius 1 is 1.50 bits per heavy atom. The second kappa shape index (κ2) is 5.54. The van der Waals surface area contributed by atoms with Crippen LogP contribution in [0.4, 0.5) is 11.4 Å². The quantitative estimate of drug-likeness (QED) is 0.659. The zero-order valence-corrected chi connectivity index (χ0v) is 11.7. The Morgan fingerprint density at radius 2 is 2.11 bits per heavy atom. The number of anilines is 1. The number of ether oxygens (including phenoxy) is 1. The van der Waals surface area contributed by atoms with E-state index >= 15 is 0 Å². The van der Waals surface area contributed by atoms with Crippen molar-refractivity contribution >= 4 is 23.0 Å². The second-order valence-corrected chi connectivity index (χ2v) is 5.10. The Balaban J connectivity index is 2.94. The molecule has 1 aromatic rings. The third-order valence-electron chi connectivity index (χ3n) is 2.73. The summed E-state index contributed by atoms with van der Waals surface area (Å²) in [6.45, 7) is 6.21. The molecule has 0 bridgehead atoms. The number of nitrogens with one attached hydrogen (secondary N) is 1. The van der Waals surface area contributed by atoms with Crippen LogP contribution in [-0.4, -0.2) is 24.2 Å². The zero-order valence-electron chi connectivity index (χ0n) is 10.9. The van der Waals surface area contributed by atoms with Crippen LogP contribution in [0.3, 0.4) is 0 Å². The number of methoxy groups -OCH3 is 1. The number of non-ortho nitro benzene ring substituents is 1. The second-order valence-electron chi connectivity index (χ2n) is 4.69. The van der Waals surface area contributed by atoms with Crippen molar-refractivity contribution in [2.75, 3.05) is 19.0 Å². The Bertz CT molecular complexity index is 438. The first-order valence-corrected chi connectivity index (χ1v) is 5.88. The molecule has 100 valence electrons. The highest BCUT2D eigenvalue weighted by Gasteiger charge is 2.18. The highest BCUT2D eigenvalue weighted by atomic mass is 35.5. The van der Waals surface area contributed by atoms with Crippen LogP contribution in [0.1, 0.15) is 19.4 Å². The smallest absolute Gasteiger partial charge is 0.271 e. The maximum Gasteiger partial charge on any atom is 0.271 e.